The Kier molecular flexibility index (Phi) is 10.4. The summed E-state index contributed by atoms with van der Waals surface area (Å²) in [6.07, 6.45) is 6.69. The third-order valence-corrected chi connectivity index (χ3v) is 7.71. The summed E-state index contributed by atoms with van der Waals surface area (Å²) < 4.78 is 13.1. The van der Waals surface area contributed by atoms with Gasteiger partial charge in [0, 0.05) is 24.6 Å². The van der Waals surface area contributed by atoms with Crippen molar-refractivity contribution in [1.29, 1.82) is 0 Å². The van der Waals surface area contributed by atoms with Gasteiger partial charge in [-0.05, 0) is 67.1 Å². The van der Waals surface area contributed by atoms with E-state index in [2.05, 4.69) is 83.6 Å². The van der Waals surface area contributed by atoms with E-state index in [4.69, 9.17) is 14.5 Å². The second-order valence-electron chi connectivity index (χ2n) is 10.6. The fourth-order valence-corrected chi connectivity index (χ4v) is 5.61. The first kappa shape index (κ1) is 30.5. The zero-order valence-corrected chi connectivity index (χ0v) is 25.1. The fourth-order valence-electron chi connectivity index (χ4n) is 5.61. The Labute approximate surface area is 259 Å². The summed E-state index contributed by atoms with van der Waals surface area (Å²) in [5, 5.41) is 0. The number of ketones is 1. The molecule has 0 saturated heterocycles. The second kappa shape index (κ2) is 15.0. The number of Topliss-reactive ketones (excluding diaryl/α,β-unsaturated/α-hetero) is 1. The average molecular weight is 587 g/mol. The molecule has 5 aromatic rings. The second-order valence-corrected chi connectivity index (χ2v) is 10.6. The van der Waals surface area contributed by atoms with Crippen LogP contribution in [0.25, 0.3) is 0 Å². The highest BCUT2D eigenvalue weighted by Gasteiger charge is 2.38. The molecule has 6 heteroatoms. The van der Waals surface area contributed by atoms with Crippen molar-refractivity contribution < 1.29 is 19.1 Å². The Bertz CT molecular complexity index is 1520. The minimum absolute atomic E-state index is 0.00835. The van der Waals surface area contributed by atoms with Gasteiger partial charge in [0.05, 0.1) is 25.2 Å². The Morgan fingerprint density at radius 1 is 0.727 bits per heavy atom. The molecule has 0 aliphatic carbocycles. The van der Waals surface area contributed by atoms with Crippen LogP contribution in [0.15, 0.2) is 128 Å². The molecule has 0 spiro atoms. The van der Waals surface area contributed by atoms with Crippen molar-refractivity contribution in [2.45, 2.75) is 44.6 Å². The van der Waals surface area contributed by atoms with Crippen LogP contribution in [0.1, 0.15) is 65.3 Å². The molecule has 44 heavy (non-hydrogen) atoms. The zero-order chi connectivity index (χ0) is 30.6. The van der Waals surface area contributed by atoms with Crippen molar-refractivity contribution in [3.05, 3.63) is 156 Å². The number of carbonyl (C=O) groups is 2. The molecule has 6 nitrogen and oxygen atoms in total. The standard InChI is InChI=1S/C38H38N2O4/c1-2-43-37(42)22-12-21-36(41)30-23-25-35(26-24-30)44-27-13-20-34-28-40(29-39-34)38(31-14-6-3-7-15-31,32-16-8-4-9-17-32)33-18-10-5-11-19-33/h3-11,14-19,23-26,28-29H,2,12-13,20-22,27H2,1H3. The first-order valence-corrected chi connectivity index (χ1v) is 15.2. The average Bonchev–Trinajstić information content (AvgIpc) is 3.54. The van der Waals surface area contributed by atoms with Gasteiger partial charge in [-0.2, -0.15) is 0 Å². The van der Waals surface area contributed by atoms with E-state index >= 15 is 0 Å². The number of rotatable bonds is 15. The van der Waals surface area contributed by atoms with Crippen LogP contribution < -0.4 is 4.74 Å². The predicted octanol–water partition coefficient (Wildman–Crippen LogP) is 7.65. The molecule has 0 atom stereocenters. The summed E-state index contributed by atoms with van der Waals surface area (Å²) in [5.41, 5.74) is 4.50. The van der Waals surface area contributed by atoms with Crippen LogP contribution in [0.3, 0.4) is 0 Å². The van der Waals surface area contributed by atoms with E-state index in [1.165, 1.54) is 0 Å². The fraction of sp³-hybridized carbons (Fsp3) is 0.237. The molecule has 5 rings (SSSR count). The van der Waals surface area contributed by atoms with E-state index in [9.17, 15) is 9.59 Å². The summed E-state index contributed by atoms with van der Waals surface area (Å²) in [4.78, 5) is 28.8. The normalized spacial score (nSPS) is 11.2. The lowest BCUT2D eigenvalue weighted by Crippen LogP contribution is -2.36. The van der Waals surface area contributed by atoms with Crippen LogP contribution in [0.5, 0.6) is 5.75 Å². The molecule has 0 amide bonds. The number of hydrogen-bond donors (Lipinski definition) is 0. The van der Waals surface area contributed by atoms with Crippen LogP contribution >= 0.6 is 0 Å². The minimum atomic E-state index is -0.580. The van der Waals surface area contributed by atoms with Crippen LogP contribution in [0.4, 0.5) is 0 Å². The lowest BCUT2D eigenvalue weighted by molar-refractivity contribution is -0.143. The molecule has 1 aromatic heterocycles. The molecule has 0 N–H and O–H groups in total. The third-order valence-electron chi connectivity index (χ3n) is 7.71. The maximum atomic E-state index is 12.5. The monoisotopic (exact) mass is 586 g/mol. The molecule has 0 fully saturated rings. The number of benzene rings is 4. The Balaban J connectivity index is 1.24. The summed E-state index contributed by atoms with van der Waals surface area (Å²) >= 11 is 0. The maximum absolute atomic E-state index is 12.5. The van der Waals surface area contributed by atoms with Crippen molar-refractivity contribution in [3.8, 4) is 5.75 Å². The SMILES string of the molecule is CCOC(=O)CCCC(=O)c1ccc(OCCCc2cn(C(c3ccccc3)(c3ccccc3)c3ccccc3)cn2)cc1. The molecule has 0 bridgehead atoms. The van der Waals surface area contributed by atoms with Crippen molar-refractivity contribution in [2.24, 2.45) is 0 Å². The molecule has 0 saturated carbocycles. The van der Waals surface area contributed by atoms with Gasteiger partial charge in [-0.25, -0.2) is 4.98 Å². The minimum Gasteiger partial charge on any atom is -0.494 e. The Morgan fingerprint density at radius 2 is 1.30 bits per heavy atom. The van der Waals surface area contributed by atoms with Crippen LogP contribution in [-0.4, -0.2) is 34.5 Å². The molecule has 1 heterocycles. The largest absolute Gasteiger partial charge is 0.494 e. The molecule has 0 radical (unpaired) electrons. The van der Waals surface area contributed by atoms with Gasteiger partial charge in [-0.15, -0.1) is 0 Å². The van der Waals surface area contributed by atoms with Gasteiger partial charge in [-0.3, -0.25) is 9.59 Å². The number of imidazole rings is 1. The highest BCUT2D eigenvalue weighted by atomic mass is 16.5. The van der Waals surface area contributed by atoms with Crippen LogP contribution in [0, 0.1) is 0 Å². The Morgan fingerprint density at radius 3 is 1.84 bits per heavy atom. The topological polar surface area (TPSA) is 70.4 Å². The summed E-state index contributed by atoms with van der Waals surface area (Å²) in [5.74, 6) is 0.461. The molecular weight excluding hydrogens is 548 g/mol. The van der Waals surface area contributed by atoms with Gasteiger partial charge in [-0.1, -0.05) is 91.0 Å². The van der Waals surface area contributed by atoms with E-state index in [-0.39, 0.29) is 18.2 Å². The van der Waals surface area contributed by atoms with Gasteiger partial charge in [0.25, 0.3) is 0 Å². The number of aromatic nitrogens is 2. The molecule has 0 aliphatic heterocycles. The highest BCUT2D eigenvalue weighted by molar-refractivity contribution is 5.96. The number of aryl methyl sites for hydroxylation is 1. The van der Waals surface area contributed by atoms with Gasteiger partial charge in [0.15, 0.2) is 5.78 Å². The van der Waals surface area contributed by atoms with Gasteiger partial charge in [0.2, 0.25) is 0 Å². The van der Waals surface area contributed by atoms with E-state index in [0.717, 1.165) is 41.0 Å². The molecule has 224 valence electrons. The van der Waals surface area contributed by atoms with Crippen LogP contribution in [0.2, 0.25) is 0 Å². The maximum Gasteiger partial charge on any atom is 0.305 e. The zero-order valence-electron chi connectivity index (χ0n) is 25.1. The molecule has 0 aliphatic rings. The number of esters is 1. The number of nitrogens with zero attached hydrogens (tertiary/aromatic N) is 2. The summed E-state index contributed by atoms with van der Waals surface area (Å²) in [6.45, 7) is 2.66. The first-order valence-electron chi connectivity index (χ1n) is 15.2. The Hall–Kier alpha value is -4.97. The lowest BCUT2D eigenvalue weighted by Gasteiger charge is -2.37. The van der Waals surface area contributed by atoms with Crippen molar-refractivity contribution in [2.75, 3.05) is 13.2 Å². The third kappa shape index (κ3) is 7.14. The van der Waals surface area contributed by atoms with E-state index < -0.39 is 5.54 Å². The number of hydrogen-bond acceptors (Lipinski definition) is 5. The van der Waals surface area contributed by atoms with Gasteiger partial charge < -0.3 is 14.0 Å². The molecule has 4 aromatic carbocycles. The van der Waals surface area contributed by atoms with Crippen molar-refractivity contribution >= 4 is 11.8 Å². The summed E-state index contributed by atoms with van der Waals surface area (Å²) in [6, 6.07) is 38.9. The molecule has 0 unspecified atom stereocenters. The molecular formula is C38H38N2O4. The van der Waals surface area contributed by atoms with Crippen LogP contribution in [-0.2, 0) is 21.5 Å². The van der Waals surface area contributed by atoms with Crippen molar-refractivity contribution in [1.82, 2.24) is 9.55 Å². The number of ether oxygens (including phenoxy) is 2. The highest BCUT2D eigenvalue weighted by Crippen LogP contribution is 2.40. The van der Waals surface area contributed by atoms with Crippen molar-refractivity contribution in [3.63, 3.8) is 0 Å². The number of carbonyl (C=O) groups excluding carboxylic acids is 2. The van der Waals surface area contributed by atoms with E-state index in [0.29, 0.717) is 31.6 Å². The van der Waals surface area contributed by atoms with E-state index in [1.807, 2.05) is 36.7 Å². The van der Waals surface area contributed by atoms with Gasteiger partial charge in [0.1, 0.15) is 11.3 Å². The van der Waals surface area contributed by atoms with E-state index in [1.54, 1.807) is 19.1 Å². The first-order chi connectivity index (χ1) is 21.6. The smallest absolute Gasteiger partial charge is 0.305 e. The lowest BCUT2D eigenvalue weighted by atomic mass is 9.77. The van der Waals surface area contributed by atoms with Gasteiger partial charge >= 0.3 is 5.97 Å². The predicted molar refractivity (Wildman–Crippen MR) is 172 cm³/mol. The summed E-state index contributed by atoms with van der Waals surface area (Å²) in [7, 11) is 0. The quantitative estimate of drug-likeness (QED) is 0.0545.